The Morgan fingerprint density at radius 3 is 2.68 bits per heavy atom. The summed E-state index contributed by atoms with van der Waals surface area (Å²) >= 11 is 0. The highest BCUT2D eigenvalue weighted by molar-refractivity contribution is 5.79. The summed E-state index contributed by atoms with van der Waals surface area (Å²) in [6.45, 7) is 2.90. The molecule has 0 aliphatic carbocycles. The van der Waals surface area contributed by atoms with E-state index in [0.29, 0.717) is 0 Å². The van der Waals surface area contributed by atoms with E-state index in [1.807, 2.05) is 35.1 Å². The number of benzene rings is 2. The highest BCUT2D eigenvalue weighted by atomic mass is 16.5. The van der Waals surface area contributed by atoms with Gasteiger partial charge in [-0.1, -0.05) is 23.8 Å². The summed E-state index contributed by atoms with van der Waals surface area (Å²) in [6.07, 6.45) is 7.16. The summed E-state index contributed by atoms with van der Waals surface area (Å²) in [7, 11) is 0. The lowest BCUT2D eigenvalue weighted by Gasteiger charge is -2.23. The fourth-order valence-corrected chi connectivity index (χ4v) is 4.02. The summed E-state index contributed by atoms with van der Waals surface area (Å²) in [4.78, 5) is 0. The van der Waals surface area contributed by atoms with E-state index in [4.69, 9.17) is 4.74 Å². The zero-order valence-electron chi connectivity index (χ0n) is 17.8. The number of nitrogens with one attached hydrogen (secondary N) is 1. The molecule has 0 radical (unpaired) electrons. The molecule has 6 heteroatoms. The summed E-state index contributed by atoms with van der Waals surface area (Å²) in [5, 5.41) is 17.8. The maximum atomic E-state index is 5.90. The molecule has 2 aromatic carbocycles. The number of aryl methyl sites for hydroxylation is 3. The van der Waals surface area contributed by atoms with Crippen LogP contribution in [0.2, 0.25) is 0 Å². The number of rotatable bonds is 6. The van der Waals surface area contributed by atoms with Crippen molar-refractivity contribution in [2.75, 3.05) is 11.9 Å². The molecular weight excluding hydrogens is 386 g/mol. The maximum absolute atomic E-state index is 5.90. The third-order valence-electron chi connectivity index (χ3n) is 5.80. The molecule has 3 heterocycles. The van der Waals surface area contributed by atoms with Gasteiger partial charge < -0.3 is 10.1 Å². The van der Waals surface area contributed by atoms with Crippen molar-refractivity contribution in [2.45, 2.75) is 45.3 Å². The zero-order chi connectivity index (χ0) is 21.0. The van der Waals surface area contributed by atoms with Crippen LogP contribution < -0.4 is 5.32 Å². The van der Waals surface area contributed by atoms with E-state index in [1.165, 1.54) is 17.5 Å². The molecule has 1 atom stereocenters. The molecule has 5 rings (SSSR count). The van der Waals surface area contributed by atoms with E-state index < -0.39 is 0 Å². The topological polar surface area (TPSA) is 64.9 Å². The third-order valence-corrected chi connectivity index (χ3v) is 5.80. The predicted molar refractivity (Wildman–Crippen MR) is 122 cm³/mol. The minimum atomic E-state index is 0.0689. The highest BCUT2D eigenvalue weighted by Gasteiger charge is 2.18. The maximum Gasteiger partial charge on any atom is 0.153 e. The van der Waals surface area contributed by atoms with Gasteiger partial charge in [-0.3, -0.25) is 0 Å². The molecule has 1 aliphatic rings. The van der Waals surface area contributed by atoms with E-state index in [0.717, 1.165) is 60.4 Å². The van der Waals surface area contributed by atoms with Crippen LogP contribution in [-0.2, 0) is 17.6 Å². The lowest BCUT2D eigenvalue weighted by molar-refractivity contribution is -0.0366. The van der Waals surface area contributed by atoms with Crippen molar-refractivity contribution in [3.63, 3.8) is 0 Å². The number of anilines is 2. The van der Waals surface area contributed by atoms with Crippen LogP contribution >= 0.6 is 0 Å². The Bertz CT molecular complexity index is 1140. The molecule has 1 N–H and O–H groups in total. The van der Waals surface area contributed by atoms with Gasteiger partial charge in [-0.2, -0.15) is 10.2 Å². The van der Waals surface area contributed by atoms with Crippen LogP contribution in [0.25, 0.3) is 10.9 Å². The first-order valence-electron chi connectivity index (χ1n) is 11.0. The van der Waals surface area contributed by atoms with Gasteiger partial charge in [0.05, 0.1) is 17.4 Å². The normalized spacial score (nSPS) is 16.5. The first kappa shape index (κ1) is 19.7. The van der Waals surface area contributed by atoms with Gasteiger partial charge in [-0.15, -0.1) is 5.10 Å². The Morgan fingerprint density at radius 2 is 1.90 bits per heavy atom. The smallest absolute Gasteiger partial charge is 0.153 e. The van der Waals surface area contributed by atoms with Crippen LogP contribution in [0.5, 0.6) is 0 Å². The monoisotopic (exact) mass is 413 g/mol. The van der Waals surface area contributed by atoms with Gasteiger partial charge in [-0.25, -0.2) is 4.68 Å². The van der Waals surface area contributed by atoms with Crippen molar-refractivity contribution in [3.05, 3.63) is 77.6 Å². The van der Waals surface area contributed by atoms with Gasteiger partial charge >= 0.3 is 0 Å². The Labute approximate surface area is 182 Å². The average molecular weight is 414 g/mol. The van der Waals surface area contributed by atoms with Gasteiger partial charge in [0, 0.05) is 17.7 Å². The molecule has 31 heavy (non-hydrogen) atoms. The van der Waals surface area contributed by atoms with Crippen molar-refractivity contribution in [1.29, 1.82) is 0 Å². The molecule has 6 nitrogen and oxygen atoms in total. The molecule has 158 valence electrons. The van der Waals surface area contributed by atoms with E-state index in [2.05, 4.69) is 57.9 Å². The molecule has 0 bridgehead atoms. The predicted octanol–water partition coefficient (Wildman–Crippen LogP) is 5.36. The summed E-state index contributed by atoms with van der Waals surface area (Å²) < 4.78 is 7.93. The Kier molecular flexibility index (Phi) is 5.63. The van der Waals surface area contributed by atoms with Crippen molar-refractivity contribution < 1.29 is 4.74 Å². The van der Waals surface area contributed by atoms with Gasteiger partial charge in [0.2, 0.25) is 0 Å². The number of hydrogen-bond acceptors (Lipinski definition) is 5. The first-order valence-corrected chi connectivity index (χ1v) is 11.0. The van der Waals surface area contributed by atoms with Crippen molar-refractivity contribution in [3.8, 4) is 0 Å². The second kappa shape index (κ2) is 8.86. The Balaban J connectivity index is 1.21. The van der Waals surface area contributed by atoms with Gasteiger partial charge in [-0.05, 0) is 81.0 Å². The Hall–Kier alpha value is -3.25. The Morgan fingerprint density at radius 1 is 1.00 bits per heavy atom. The second-order valence-corrected chi connectivity index (χ2v) is 8.20. The van der Waals surface area contributed by atoms with Crippen LogP contribution in [0, 0.1) is 6.92 Å². The lowest BCUT2D eigenvalue weighted by Crippen LogP contribution is -2.18. The van der Waals surface area contributed by atoms with E-state index in [1.54, 1.807) is 0 Å². The summed E-state index contributed by atoms with van der Waals surface area (Å²) in [6, 6.07) is 18.8. The van der Waals surface area contributed by atoms with Gasteiger partial charge in [0.25, 0.3) is 0 Å². The van der Waals surface area contributed by atoms with Crippen molar-refractivity contribution >= 4 is 22.4 Å². The number of nitrogens with zero attached hydrogens (tertiary/aromatic N) is 4. The zero-order valence-corrected chi connectivity index (χ0v) is 17.8. The average Bonchev–Trinajstić information content (AvgIpc) is 3.24. The largest absolute Gasteiger partial charge is 0.356 e. The molecule has 1 saturated heterocycles. The first-order chi connectivity index (χ1) is 15.2. The SMILES string of the molecule is Cc1ccc(Nc2ccc(CCc3ccc4c(cnn4C4CCCCO4)c3)nn2)cc1. The van der Waals surface area contributed by atoms with Crippen LogP contribution in [-0.4, -0.2) is 26.6 Å². The fraction of sp³-hybridized carbons (Fsp3) is 0.320. The molecule has 2 aromatic heterocycles. The summed E-state index contributed by atoms with van der Waals surface area (Å²) in [5.41, 5.74) is 5.66. The van der Waals surface area contributed by atoms with E-state index in [9.17, 15) is 0 Å². The fourth-order valence-electron chi connectivity index (χ4n) is 4.02. The number of ether oxygens (including phenoxy) is 1. The number of fused-ring (bicyclic) bond motifs is 1. The molecule has 0 amide bonds. The molecule has 0 spiro atoms. The third kappa shape index (κ3) is 4.59. The standard InChI is InChI=1S/C25H27N5O/c1-18-5-9-21(10-6-18)27-24-14-12-22(28-29-24)11-7-19-8-13-23-20(16-19)17-26-30(23)25-4-2-3-15-31-25/h5-6,8-10,12-14,16-17,25H,2-4,7,11,15H2,1H3,(H,27,29). The van der Waals surface area contributed by atoms with Crippen LogP contribution in [0.1, 0.15) is 42.3 Å². The van der Waals surface area contributed by atoms with Gasteiger partial charge in [0.1, 0.15) is 0 Å². The van der Waals surface area contributed by atoms with Crippen LogP contribution in [0.4, 0.5) is 11.5 Å². The van der Waals surface area contributed by atoms with Crippen molar-refractivity contribution in [1.82, 2.24) is 20.0 Å². The molecular formula is C25H27N5O. The molecule has 1 fully saturated rings. The number of aromatic nitrogens is 4. The van der Waals surface area contributed by atoms with Gasteiger partial charge in [0.15, 0.2) is 12.0 Å². The minimum Gasteiger partial charge on any atom is -0.356 e. The molecule has 0 saturated carbocycles. The quantitative estimate of drug-likeness (QED) is 0.461. The molecule has 4 aromatic rings. The molecule has 1 aliphatic heterocycles. The highest BCUT2D eigenvalue weighted by Crippen LogP contribution is 2.27. The van der Waals surface area contributed by atoms with Crippen LogP contribution in [0.15, 0.2) is 60.8 Å². The van der Waals surface area contributed by atoms with Crippen LogP contribution in [0.3, 0.4) is 0 Å². The lowest BCUT2D eigenvalue weighted by atomic mass is 10.1. The van der Waals surface area contributed by atoms with E-state index >= 15 is 0 Å². The van der Waals surface area contributed by atoms with Crippen molar-refractivity contribution in [2.24, 2.45) is 0 Å². The molecule has 1 unspecified atom stereocenters. The summed E-state index contributed by atoms with van der Waals surface area (Å²) in [5.74, 6) is 0.756. The number of hydrogen-bond donors (Lipinski definition) is 1. The van der Waals surface area contributed by atoms with E-state index in [-0.39, 0.29) is 6.23 Å². The second-order valence-electron chi connectivity index (χ2n) is 8.20. The minimum absolute atomic E-state index is 0.0689.